The second-order valence-corrected chi connectivity index (χ2v) is 5.62. The van der Waals surface area contributed by atoms with Crippen molar-refractivity contribution in [3.8, 4) is 5.75 Å². The maximum atomic E-state index is 12.0. The Labute approximate surface area is 126 Å². The average molecular weight is 291 g/mol. The lowest BCUT2D eigenvalue weighted by Crippen LogP contribution is -2.26. The second kappa shape index (κ2) is 7.31. The van der Waals surface area contributed by atoms with E-state index in [9.17, 15) is 4.79 Å². The summed E-state index contributed by atoms with van der Waals surface area (Å²) in [5.74, 6) is 1.40. The van der Waals surface area contributed by atoms with Crippen LogP contribution in [0.5, 0.6) is 5.75 Å². The zero-order valence-corrected chi connectivity index (χ0v) is 12.9. The quantitative estimate of drug-likeness (QED) is 0.789. The zero-order valence-electron chi connectivity index (χ0n) is 12.9. The first-order chi connectivity index (χ1) is 10.1. The molecule has 0 bridgehead atoms. The Morgan fingerprint density at radius 3 is 3.00 bits per heavy atom. The molecule has 1 fully saturated rings. The van der Waals surface area contributed by atoms with Crippen LogP contribution in [-0.4, -0.2) is 37.6 Å². The first-order valence-electron chi connectivity index (χ1n) is 7.58. The van der Waals surface area contributed by atoms with Crippen LogP contribution in [-0.2, 0) is 4.79 Å². The summed E-state index contributed by atoms with van der Waals surface area (Å²) in [5, 5.41) is 2.89. The van der Waals surface area contributed by atoms with Gasteiger partial charge in [0, 0.05) is 31.3 Å². The summed E-state index contributed by atoms with van der Waals surface area (Å²) in [6.07, 6.45) is 2.99. The van der Waals surface area contributed by atoms with Gasteiger partial charge in [0.05, 0.1) is 12.8 Å². The highest BCUT2D eigenvalue weighted by Gasteiger charge is 2.21. The highest BCUT2D eigenvalue weighted by atomic mass is 16.5. The molecular formula is C16H25N3O2. The summed E-state index contributed by atoms with van der Waals surface area (Å²) in [6.45, 7) is 5.28. The number of amides is 1. The number of nitrogens with one attached hydrogen (secondary N) is 1. The minimum absolute atomic E-state index is 0.0121. The van der Waals surface area contributed by atoms with Crippen molar-refractivity contribution in [3.63, 3.8) is 0 Å². The predicted molar refractivity (Wildman–Crippen MR) is 85.5 cm³/mol. The van der Waals surface area contributed by atoms with E-state index in [4.69, 9.17) is 10.5 Å². The number of carbonyl (C=O) groups is 1. The van der Waals surface area contributed by atoms with Gasteiger partial charge >= 0.3 is 0 Å². The third-order valence-corrected chi connectivity index (χ3v) is 4.10. The number of ether oxygens (including phenoxy) is 1. The van der Waals surface area contributed by atoms with Gasteiger partial charge in [-0.3, -0.25) is 4.79 Å². The van der Waals surface area contributed by atoms with Crippen LogP contribution in [0.25, 0.3) is 0 Å². The molecule has 1 aliphatic rings. The fraction of sp³-hybridized carbons (Fsp3) is 0.562. The lowest BCUT2D eigenvalue weighted by atomic mass is 10.1. The Kier molecular flexibility index (Phi) is 5.44. The van der Waals surface area contributed by atoms with Crippen LogP contribution in [0.15, 0.2) is 18.2 Å². The first-order valence-corrected chi connectivity index (χ1v) is 7.58. The van der Waals surface area contributed by atoms with Gasteiger partial charge in [-0.15, -0.1) is 0 Å². The molecule has 116 valence electrons. The fourth-order valence-electron chi connectivity index (χ4n) is 2.73. The maximum absolute atomic E-state index is 12.0. The van der Waals surface area contributed by atoms with Gasteiger partial charge in [0.15, 0.2) is 0 Å². The third kappa shape index (κ3) is 4.36. The molecule has 0 saturated carbocycles. The van der Waals surface area contributed by atoms with Gasteiger partial charge < -0.3 is 20.7 Å². The number of carbonyl (C=O) groups excluding carboxylic acids is 1. The van der Waals surface area contributed by atoms with Crippen molar-refractivity contribution in [1.82, 2.24) is 4.90 Å². The second-order valence-electron chi connectivity index (χ2n) is 5.62. The standard InChI is InChI=1S/C16H25N3O2/c1-3-12-6-8-19(11-12)9-7-16(20)18-14-5-4-13(17)10-15(14)21-2/h4-5,10,12H,3,6-9,11,17H2,1-2H3,(H,18,20). The van der Waals surface area contributed by atoms with E-state index < -0.39 is 0 Å². The molecule has 1 atom stereocenters. The molecule has 1 saturated heterocycles. The number of nitrogens with two attached hydrogens (primary N) is 1. The molecule has 0 radical (unpaired) electrons. The van der Waals surface area contributed by atoms with Crippen molar-refractivity contribution in [1.29, 1.82) is 0 Å². The SMILES string of the molecule is CCC1CCN(CCC(=O)Nc2ccc(N)cc2OC)C1. The molecule has 0 spiro atoms. The first kappa shape index (κ1) is 15.6. The Hall–Kier alpha value is -1.75. The van der Waals surface area contributed by atoms with Crippen LogP contribution in [0.2, 0.25) is 0 Å². The van der Waals surface area contributed by atoms with Crippen molar-refractivity contribution in [2.45, 2.75) is 26.2 Å². The van der Waals surface area contributed by atoms with E-state index in [1.54, 1.807) is 25.3 Å². The van der Waals surface area contributed by atoms with Gasteiger partial charge in [-0.2, -0.15) is 0 Å². The summed E-state index contributed by atoms with van der Waals surface area (Å²) in [7, 11) is 1.57. The van der Waals surface area contributed by atoms with E-state index in [1.807, 2.05) is 0 Å². The molecule has 3 N–H and O–H groups in total. The van der Waals surface area contributed by atoms with Crippen molar-refractivity contribution in [2.75, 3.05) is 37.8 Å². The Morgan fingerprint density at radius 2 is 2.33 bits per heavy atom. The number of nitrogens with zero attached hydrogens (tertiary/aromatic N) is 1. The van der Waals surface area contributed by atoms with E-state index in [2.05, 4.69) is 17.1 Å². The largest absolute Gasteiger partial charge is 0.494 e. The molecule has 1 aromatic carbocycles. The van der Waals surface area contributed by atoms with Crippen LogP contribution < -0.4 is 15.8 Å². The van der Waals surface area contributed by atoms with Crippen molar-refractivity contribution >= 4 is 17.3 Å². The van der Waals surface area contributed by atoms with Crippen molar-refractivity contribution < 1.29 is 9.53 Å². The molecule has 0 aliphatic carbocycles. The summed E-state index contributed by atoms with van der Waals surface area (Å²) in [5.41, 5.74) is 6.99. The molecule has 1 aliphatic heterocycles. The lowest BCUT2D eigenvalue weighted by Gasteiger charge is -2.16. The number of hydrogen-bond donors (Lipinski definition) is 2. The number of anilines is 2. The molecule has 5 heteroatoms. The average Bonchev–Trinajstić information content (AvgIpc) is 2.95. The molecule has 1 aromatic rings. The molecule has 1 unspecified atom stereocenters. The van der Waals surface area contributed by atoms with E-state index in [0.717, 1.165) is 25.6 Å². The number of benzene rings is 1. The summed E-state index contributed by atoms with van der Waals surface area (Å²) in [6, 6.07) is 5.24. The molecule has 0 aromatic heterocycles. The van der Waals surface area contributed by atoms with Crippen LogP contribution in [0.3, 0.4) is 0 Å². The van der Waals surface area contributed by atoms with Crippen LogP contribution in [0, 0.1) is 5.92 Å². The monoisotopic (exact) mass is 291 g/mol. The number of hydrogen-bond acceptors (Lipinski definition) is 4. The Balaban J connectivity index is 1.82. The van der Waals surface area contributed by atoms with Gasteiger partial charge in [-0.05, 0) is 31.0 Å². The molecule has 2 rings (SSSR count). The van der Waals surface area contributed by atoms with Crippen LogP contribution in [0.1, 0.15) is 26.2 Å². The molecular weight excluding hydrogens is 266 g/mol. The molecule has 5 nitrogen and oxygen atoms in total. The minimum atomic E-state index is 0.0121. The number of methoxy groups -OCH3 is 1. The highest BCUT2D eigenvalue weighted by molar-refractivity contribution is 5.92. The van der Waals surface area contributed by atoms with Gasteiger partial charge in [0.25, 0.3) is 0 Å². The van der Waals surface area contributed by atoms with E-state index >= 15 is 0 Å². The highest BCUT2D eigenvalue weighted by Crippen LogP contribution is 2.26. The summed E-state index contributed by atoms with van der Waals surface area (Å²) in [4.78, 5) is 14.4. The van der Waals surface area contributed by atoms with E-state index in [0.29, 0.717) is 23.5 Å². The van der Waals surface area contributed by atoms with Crippen molar-refractivity contribution in [2.24, 2.45) is 5.92 Å². The number of rotatable bonds is 6. The smallest absolute Gasteiger partial charge is 0.225 e. The number of likely N-dealkylation sites (tertiary alicyclic amines) is 1. The summed E-state index contributed by atoms with van der Waals surface area (Å²) < 4.78 is 5.23. The van der Waals surface area contributed by atoms with Crippen LogP contribution in [0.4, 0.5) is 11.4 Å². The van der Waals surface area contributed by atoms with Gasteiger partial charge in [0.2, 0.25) is 5.91 Å². The van der Waals surface area contributed by atoms with Gasteiger partial charge in [-0.1, -0.05) is 13.3 Å². The van der Waals surface area contributed by atoms with Crippen molar-refractivity contribution in [3.05, 3.63) is 18.2 Å². The fourth-order valence-corrected chi connectivity index (χ4v) is 2.73. The van der Waals surface area contributed by atoms with E-state index in [1.165, 1.54) is 12.8 Å². The lowest BCUT2D eigenvalue weighted by molar-refractivity contribution is -0.116. The van der Waals surface area contributed by atoms with E-state index in [-0.39, 0.29) is 5.91 Å². The predicted octanol–water partition coefficient (Wildman–Crippen LogP) is 2.34. The normalized spacial score (nSPS) is 18.7. The molecule has 1 amide bonds. The van der Waals surface area contributed by atoms with Gasteiger partial charge in [-0.25, -0.2) is 0 Å². The maximum Gasteiger partial charge on any atom is 0.225 e. The Bertz CT molecular complexity index is 490. The summed E-state index contributed by atoms with van der Waals surface area (Å²) >= 11 is 0. The zero-order chi connectivity index (χ0) is 15.2. The Morgan fingerprint density at radius 1 is 1.52 bits per heavy atom. The topological polar surface area (TPSA) is 67.6 Å². The van der Waals surface area contributed by atoms with Gasteiger partial charge in [0.1, 0.15) is 5.75 Å². The minimum Gasteiger partial charge on any atom is -0.494 e. The molecule has 21 heavy (non-hydrogen) atoms. The molecule has 1 heterocycles. The third-order valence-electron chi connectivity index (χ3n) is 4.10. The number of nitrogen functional groups attached to an aromatic ring is 1. The van der Waals surface area contributed by atoms with Crippen LogP contribution >= 0.6 is 0 Å².